The highest BCUT2D eigenvalue weighted by Crippen LogP contribution is 2.18. The number of rotatable bonds is 9. The lowest BCUT2D eigenvalue weighted by molar-refractivity contribution is -0.0151. The molecule has 2 N–H and O–H groups in total. The number of amides is 1. The summed E-state index contributed by atoms with van der Waals surface area (Å²) in [5, 5.41) is 13.2. The van der Waals surface area contributed by atoms with Crippen LogP contribution in [0, 0.1) is 0 Å². The summed E-state index contributed by atoms with van der Waals surface area (Å²) in [6.07, 6.45) is 6.88. The molecule has 2 fully saturated rings. The van der Waals surface area contributed by atoms with Gasteiger partial charge in [-0.2, -0.15) is 0 Å². The second-order valence-electron chi connectivity index (χ2n) is 8.55. The van der Waals surface area contributed by atoms with Gasteiger partial charge in [0, 0.05) is 38.8 Å². The van der Waals surface area contributed by atoms with Crippen LogP contribution < -0.4 is 5.32 Å². The maximum absolute atomic E-state index is 12.4. The Morgan fingerprint density at radius 2 is 1.93 bits per heavy atom. The summed E-state index contributed by atoms with van der Waals surface area (Å²) in [5.41, 5.74) is 0.373. The Labute approximate surface area is 173 Å². The largest absolute Gasteiger partial charge is 0.447 e. The molecular weight excluding hydrogens is 372 g/mol. The van der Waals surface area contributed by atoms with E-state index in [1.54, 1.807) is 0 Å². The quantitative estimate of drug-likeness (QED) is 0.642. The minimum atomic E-state index is -0.457. The number of piperazine rings is 1. The molecule has 3 rings (SSSR count). The third-order valence-corrected chi connectivity index (χ3v) is 5.64. The van der Waals surface area contributed by atoms with Gasteiger partial charge < -0.3 is 19.6 Å². The maximum Gasteiger partial charge on any atom is 0.273 e. The monoisotopic (exact) mass is 408 g/mol. The van der Waals surface area contributed by atoms with Crippen molar-refractivity contribution < 1.29 is 19.1 Å². The van der Waals surface area contributed by atoms with Gasteiger partial charge in [0.1, 0.15) is 6.26 Å². The maximum atomic E-state index is 12.4. The molecule has 1 unspecified atom stereocenters. The first kappa shape index (κ1) is 22.2. The van der Waals surface area contributed by atoms with Crippen molar-refractivity contribution in [2.24, 2.45) is 0 Å². The molecule has 164 valence electrons. The Bertz CT molecular complexity index is 622. The number of carbonyl (C=O) groups excluding carboxylic acids is 1. The molecule has 1 aliphatic carbocycles. The number of β-amino-alcohol motifs (C(OH)–C–C–N with tert-alkyl or cyclic N) is 1. The van der Waals surface area contributed by atoms with E-state index in [0.29, 0.717) is 31.3 Å². The second kappa shape index (κ2) is 11.1. The van der Waals surface area contributed by atoms with Crippen LogP contribution in [0.3, 0.4) is 0 Å². The average molecular weight is 409 g/mol. The average Bonchev–Trinajstić information content (AvgIpc) is 3.17. The van der Waals surface area contributed by atoms with Crippen molar-refractivity contribution in [3.63, 3.8) is 0 Å². The molecule has 1 amide bonds. The van der Waals surface area contributed by atoms with Crippen molar-refractivity contribution in [2.75, 3.05) is 39.3 Å². The molecule has 2 heterocycles. The molecule has 1 saturated carbocycles. The molecule has 1 saturated heterocycles. The molecule has 1 aromatic rings. The fraction of sp³-hybridized carbons (Fsp3) is 0.810. The number of hydrogen-bond acceptors (Lipinski definition) is 7. The molecule has 1 atom stereocenters. The van der Waals surface area contributed by atoms with Gasteiger partial charge in [0.2, 0.25) is 5.89 Å². The van der Waals surface area contributed by atoms with Gasteiger partial charge in [-0.3, -0.25) is 14.6 Å². The number of aromatic nitrogens is 1. The van der Waals surface area contributed by atoms with Crippen molar-refractivity contribution >= 4 is 5.91 Å². The molecular formula is C21H36N4O4. The third-order valence-electron chi connectivity index (χ3n) is 5.64. The van der Waals surface area contributed by atoms with Crippen LogP contribution in [0.25, 0.3) is 0 Å². The summed E-state index contributed by atoms with van der Waals surface area (Å²) in [6, 6.07) is 0.269. The standard InChI is InChI=1S/C21H36N4O4/c1-16(2)28-14-18(26)12-24-8-10-25(11-9-24)13-20-23-19(15-29-20)21(27)22-17-6-4-3-5-7-17/h15-18,26H,3-14H2,1-2H3,(H,22,27). The zero-order chi connectivity index (χ0) is 20.6. The summed E-state index contributed by atoms with van der Waals surface area (Å²) >= 11 is 0. The Kier molecular flexibility index (Phi) is 8.47. The number of nitrogens with zero attached hydrogens (tertiary/aromatic N) is 3. The van der Waals surface area contributed by atoms with Gasteiger partial charge in [-0.05, 0) is 26.7 Å². The van der Waals surface area contributed by atoms with Crippen molar-refractivity contribution in [2.45, 2.75) is 70.7 Å². The van der Waals surface area contributed by atoms with E-state index in [1.165, 1.54) is 25.5 Å². The van der Waals surface area contributed by atoms with Crippen LogP contribution in [0.5, 0.6) is 0 Å². The predicted octanol–water partition coefficient (Wildman–Crippen LogP) is 1.64. The topological polar surface area (TPSA) is 91.1 Å². The van der Waals surface area contributed by atoms with Crippen molar-refractivity contribution in [1.82, 2.24) is 20.1 Å². The summed E-state index contributed by atoms with van der Waals surface area (Å²) in [5.74, 6) is 0.451. The second-order valence-corrected chi connectivity index (χ2v) is 8.55. The van der Waals surface area contributed by atoms with E-state index in [9.17, 15) is 9.90 Å². The lowest BCUT2D eigenvalue weighted by Crippen LogP contribution is -2.48. The number of aliphatic hydroxyl groups excluding tert-OH is 1. The van der Waals surface area contributed by atoms with E-state index in [2.05, 4.69) is 20.1 Å². The first-order valence-corrected chi connectivity index (χ1v) is 11.0. The molecule has 0 spiro atoms. The highest BCUT2D eigenvalue weighted by molar-refractivity contribution is 5.92. The Morgan fingerprint density at radius 3 is 2.62 bits per heavy atom. The number of ether oxygens (including phenoxy) is 1. The van der Waals surface area contributed by atoms with Gasteiger partial charge in [-0.15, -0.1) is 0 Å². The minimum Gasteiger partial charge on any atom is -0.447 e. The van der Waals surface area contributed by atoms with Crippen LogP contribution >= 0.6 is 0 Å². The van der Waals surface area contributed by atoms with Crippen LogP contribution in [0.2, 0.25) is 0 Å². The summed E-state index contributed by atoms with van der Waals surface area (Å²) in [7, 11) is 0. The first-order chi connectivity index (χ1) is 14.0. The number of carbonyl (C=O) groups is 1. The molecule has 1 aliphatic heterocycles. The van der Waals surface area contributed by atoms with Crippen LogP contribution in [-0.2, 0) is 11.3 Å². The Morgan fingerprint density at radius 1 is 1.24 bits per heavy atom. The third kappa shape index (κ3) is 7.37. The minimum absolute atomic E-state index is 0.130. The zero-order valence-corrected chi connectivity index (χ0v) is 17.8. The Hall–Kier alpha value is -1.48. The SMILES string of the molecule is CC(C)OCC(O)CN1CCN(Cc2nc(C(=O)NC3CCCCC3)co2)CC1. The van der Waals surface area contributed by atoms with E-state index < -0.39 is 6.10 Å². The number of hydrogen-bond donors (Lipinski definition) is 2. The van der Waals surface area contributed by atoms with E-state index in [1.807, 2.05) is 13.8 Å². The van der Waals surface area contributed by atoms with E-state index in [4.69, 9.17) is 9.15 Å². The Balaban J connectivity index is 1.38. The molecule has 1 aromatic heterocycles. The molecule has 8 heteroatoms. The van der Waals surface area contributed by atoms with Gasteiger partial charge in [0.15, 0.2) is 5.69 Å². The fourth-order valence-electron chi connectivity index (χ4n) is 3.97. The predicted molar refractivity (Wildman–Crippen MR) is 110 cm³/mol. The lowest BCUT2D eigenvalue weighted by atomic mass is 9.95. The zero-order valence-electron chi connectivity index (χ0n) is 17.8. The highest BCUT2D eigenvalue weighted by atomic mass is 16.5. The van der Waals surface area contributed by atoms with E-state index in [0.717, 1.165) is 39.0 Å². The lowest BCUT2D eigenvalue weighted by Gasteiger charge is -2.35. The summed E-state index contributed by atoms with van der Waals surface area (Å²) in [4.78, 5) is 21.3. The summed E-state index contributed by atoms with van der Waals surface area (Å²) < 4.78 is 11.0. The van der Waals surface area contributed by atoms with Crippen molar-refractivity contribution in [1.29, 1.82) is 0 Å². The molecule has 0 aromatic carbocycles. The smallest absolute Gasteiger partial charge is 0.273 e. The molecule has 0 radical (unpaired) electrons. The van der Waals surface area contributed by atoms with E-state index >= 15 is 0 Å². The van der Waals surface area contributed by atoms with Crippen LogP contribution in [0.4, 0.5) is 0 Å². The van der Waals surface area contributed by atoms with Crippen LogP contribution in [0.15, 0.2) is 10.7 Å². The van der Waals surface area contributed by atoms with Gasteiger partial charge in [0.05, 0.1) is 25.4 Å². The number of oxazole rings is 1. The molecule has 8 nitrogen and oxygen atoms in total. The summed E-state index contributed by atoms with van der Waals surface area (Å²) in [6.45, 7) is 9.07. The molecule has 2 aliphatic rings. The van der Waals surface area contributed by atoms with Gasteiger partial charge in [-0.25, -0.2) is 4.98 Å². The number of aliphatic hydroxyl groups is 1. The normalized spacial score (nSPS) is 20.8. The molecule has 29 heavy (non-hydrogen) atoms. The number of nitrogens with one attached hydrogen (secondary N) is 1. The van der Waals surface area contributed by atoms with Crippen LogP contribution in [-0.4, -0.2) is 83.4 Å². The van der Waals surface area contributed by atoms with Crippen molar-refractivity contribution in [3.05, 3.63) is 17.8 Å². The van der Waals surface area contributed by atoms with Gasteiger partial charge in [0.25, 0.3) is 5.91 Å². The fourth-order valence-corrected chi connectivity index (χ4v) is 3.97. The van der Waals surface area contributed by atoms with Crippen LogP contribution in [0.1, 0.15) is 62.3 Å². The first-order valence-electron chi connectivity index (χ1n) is 11.0. The van der Waals surface area contributed by atoms with E-state index in [-0.39, 0.29) is 18.1 Å². The van der Waals surface area contributed by atoms with Crippen molar-refractivity contribution in [3.8, 4) is 0 Å². The van der Waals surface area contributed by atoms with Gasteiger partial charge in [-0.1, -0.05) is 19.3 Å². The van der Waals surface area contributed by atoms with Gasteiger partial charge >= 0.3 is 0 Å². The highest BCUT2D eigenvalue weighted by Gasteiger charge is 2.22. The molecule has 0 bridgehead atoms.